The topological polar surface area (TPSA) is 94.1 Å². The molecular weight excluding hydrogens is 339 g/mol. The summed E-state index contributed by atoms with van der Waals surface area (Å²) in [7, 11) is 1.47. The van der Waals surface area contributed by atoms with Gasteiger partial charge in [-0.15, -0.1) is 0 Å². The molecule has 0 saturated carbocycles. The lowest BCUT2D eigenvalue weighted by atomic mass is 10.2. The number of methoxy groups -OCH3 is 1. The lowest BCUT2D eigenvalue weighted by Gasteiger charge is -2.12. The maximum absolute atomic E-state index is 10.7. The molecule has 3 N–H and O–H groups in total. The Hall–Kier alpha value is -1.51. The number of halogens is 1. The van der Waals surface area contributed by atoms with Crippen molar-refractivity contribution < 1.29 is 19.5 Å². The molecule has 1 rings (SSSR count). The predicted molar refractivity (Wildman–Crippen MR) is 69.8 cm³/mol. The quantitative estimate of drug-likeness (QED) is 0.358. The van der Waals surface area contributed by atoms with Gasteiger partial charge in [0.25, 0.3) is 5.91 Å². The number of benzene rings is 1. The first-order valence-electron chi connectivity index (χ1n) is 4.54. The van der Waals surface area contributed by atoms with Crippen molar-refractivity contribution in [1.29, 1.82) is 0 Å². The van der Waals surface area contributed by atoms with Crippen molar-refractivity contribution in [2.24, 2.45) is 10.9 Å². The molecule has 0 heterocycles. The van der Waals surface area contributed by atoms with Crippen LogP contribution < -0.4 is 15.2 Å². The van der Waals surface area contributed by atoms with Crippen LogP contribution in [0.5, 0.6) is 11.5 Å². The van der Waals surface area contributed by atoms with Crippen molar-refractivity contribution >= 4 is 34.7 Å². The summed E-state index contributed by atoms with van der Waals surface area (Å²) < 4.78 is 11.1. The van der Waals surface area contributed by atoms with Crippen LogP contribution in [-0.2, 0) is 4.79 Å². The highest BCUT2D eigenvalue weighted by Crippen LogP contribution is 2.33. The number of carbonyl (C=O) groups is 1. The fraction of sp³-hybridized carbons (Fsp3) is 0.200. The summed E-state index contributed by atoms with van der Waals surface area (Å²) in [5.41, 5.74) is 5.65. The molecule has 92 valence electrons. The zero-order chi connectivity index (χ0) is 12.8. The van der Waals surface area contributed by atoms with Crippen molar-refractivity contribution in [3.63, 3.8) is 0 Å². The third-order valence-electron chi connectivity index (χ3n) is 1.82. The summed E-state index contributed by atoms with van der Waals surface area (Å²) in [6, 6.07) is 3.34. The second kappa shape index (κ2) is 6.28. The first-order chi connectivity index (χ1) is 8.08. The summed E-state index contributed by atoms with van der Waals surface area (Å²) in [5.74, 6) is 0.305. The molecule has 0 fully saturated rings. The third kappa shape index (κ3) is 3.77. The van der Waals surface area contributed by atoms with E-state index in [1.54, 1.807) is 12.1 Å². The van der Waals surface area contributed by atoms with Gasteiger partial charge in [-0.05, 0) is 34.7 Å². The normalized spacial score (nSPS) is 10.5. The third-order valence-corrected chi connectivity index (χ3v) is 2.62. The maximum atomic E-state index is 10.7. The van der Waals surface area contributed by atoms with Gasteiger partial charge in [0.15, 0.2) is 18.1 Å². The summed E-state index contributed by atoms with van der Waals surface area (Å²) in [6.45, 7) is -0.222. The Kier molecular flexibility index (Phi) is 5.01. The molecule has 1 aromatic rings. The number of oxime groups is 1. The second-order valence-corrected chi connectivity index (χ2v) is 4.20. The minimum absolute atomic E-state index is 0.222. The van der Waals surface area contributed by atoms with E-state index in [1.165, 1.54) is 13.3 Å². The first-order valence-corrected chi connectivity index (χ1v) is 5.62. The first kappa shape index (κ1) is 13.6. The number of primary amides is 1. The average molecular weight is 350 g/mol. The number of nitrogens with two attached hydrogens (primary N) is 1. The van der Waals surface area contributed by atoms with E-state index >= 15 is 0 Å². The van der Waals surface area contributed by atoms with E-state index in [1.807, 2.05) is 22.6 Å². The van der Waals surface area contributed by atoms with Gasteiger partial charge in [0.2, 0.25) is 0 Å². The van der Waals surface area contributed by atoms with Gasteiger partial charge in [0, 0.05) is 5.56 Å². The Morgan fingerprint density at radius 1 is 1.65 bits per heavy atom. The molecule has 0 aromatic heterocycles. The largest absolute Gasteiger partial charge is 0.493 e. The van der Waals surface area contributed by atoms with Gasteiger partial charge in [-0.2, -0.15) is 0 Å². The van der Waals surface area contributed by atoms with E-state index in [9.17, 15) is 4.79 Å². The van der Waals surface area contributed by atoms with E-state index in [-0.39, 0.29) is 6.61 Å². The molecule has 0 saturated heterocycles. The minimum atomic E-state index is -0.566. The van der Waals surface area contributed by atoms with Crippen LogP contribution in [-0.4, -0.2) is 31.0 Å². The van der Waals surface area contributed by atoms with Gasteiger partial charge in [-0.3, -0.25) is 4.79 Å². The van der Waals surface area contributed by atoms with Crippen LogP contribution >= 0.6 is 22.6 Å². The van der Waals surface area contributed by atoms with Crippen LogP contribution in [0.4, 0.5) is 0 Å². The van der Waals surface area contributed by atoms with Crippen LogP contribution in [0, 0.1) is 3.57 Å². The molecule has 0 aliphatic heterocycles. The van der Waals surface area contributed by atoms with E-state index in [0.717, 1.165) is 3.57 Å². The zero-order valence-corrected chi connectivity index (χ0v) is 11.2. The molecule has 0 radical (unpaired) electrons. The molecule has 0 bridgehead atoms. The van der Waals surface area contributed by atoms with Gasteiger partial charge >= 0.3 is 0 Å². The molecule has 0 aliphatic rings. The molecule has 0 unspecified atom stereocenters. The maximum Gasteiger partial charge on any atom is 0.255 e. The number of rotatable bonds is 5. The van der Waals surface area contributed by atoms with Gasteiger partial charge in [0.1, 0.15) is 0 Å². The fourth-order valence-electron chi connectivity index (χ4n) is 1.16. The molecule has 6 nitrogen and oxygen atoms in total. The van der Waals surface area contributed by atoms with Crippen LogP contribution in [0.15, 0.2) is 17.3 Å². The van der Waals surface area contributed by atoms with E-state index in [0.29, 0.717) is 17.1 Å². The van der Waals surface area contributed by atoms with E-state index in [2.05, 4.69) is 5.16 Å². The Morgan fingerprint density at radius 2 is 2.35 bits per heavy atom. The summed E-state index contributed by atoms with van der Waals surface area (Å²) >= 11 is 2.02. The van der Waals surface area contributed by atoms with E-state index in [4.69, 9.17) is 20.4 Å². The van der Waals surface area contributed by atoms with Crippen LogP contribution in [0.3, 0.4) is 0 Å². The van der Waals surface area contributed by atoms with Crippen molar-refractivity contribution in [2.75, 3.05) is 13.7 Å². The lowest BCUT2D eigenvalue weighted by molar-refractivity contribution is -0.119. The number of hydrogen-bond acceptors (Lipinski definition) is 5. The highest BCUT2D eigenvalue weighted by Gasteiger charge is 2.12. The van der Waals surface area contributed by atoms with Gasteiger partial charge in [0.05, 0.1) is 16.9 Å². The van der Waals surface area contributed by atoms with Crippen molar-refractivity contribution in [3.8, 4) is 11.5 Å². The second-order valence-electron chi connectivity index (χ2n) is 3.03. The van der Waals surface area contributed by atoms with Gasteiger partial charge in [-0.25, -0.2) is 0 Å². The molecule has 1 amide bonds. The number of amides is 1. The Labute approximate surface area is 112 Å². The SMILES string of the molecule is COc1cc(/C=N\O)cc(I)c1OCC(N)=O. The monoisotopic (exact) mass is 350 g/mol. The lowest BCUT2D eigenvalue weighted by Crippen LogP contribution is -2.20. The summed E-state index contributed by atoms with van der Waals surface area (Å²) in [5, 5.41) is 11.4. The minimum Gasteiger partial charge on any atom is -0.493 e. The predicted octanol–water partition coefficient (Wildman–Crippen LogP) is 0.972. The summed E-state index contributed by atoms with van der Waals surface area (Å²) in [4.78, 5) is 10.7. The highest BCUT2D eigenvalue weighted by molar-refractivity contribution is 14.1. The highest BCUT2D eigenvalue weighted by atomic mass is 127. The zero-order valence-electron chi connectivity index (χ0n) is 9.01. The van der Waals surface area contributed by atoms with Crippen LogP contribution in [0.25, 0.3) is 0 Å². The number of ether oxygens (including phenoxy) is 2. The van der Waals surface area contributed by atoms with Crippen molar-refractivity contribution in [1.82, 2.24) is 0 Å². The molecule has 0 atom stereocenters. The molecule has 0 spiro atoms. The molecular formula is C10H11IN2O4. The number of carbonyl (C=O) groups excluding carboxylic acids is 1. The van der Waals surface area contributed by atoms with Crippen LogP contribution in [0.1, 0.15) is 5.56 Å². The smallest absolute Gasteiger partial charge is 0.255 e. The number of hydrogen-bond donors (Lipinski definition) is 2. The molecule has 0 aliphatic carbocycles. The van der Waals surface area contributed by atoms with Crippen LogP contribution in [0.2, 0.25) is 0 Å². The van der Waals surface area contributed by atoms with Crippen molar-refractivity contribution in [2.45, 2.75) is 0 Å². The summed E-state index contributed by atoms with van der Waals surface area (Å²) in [6.07, 6.45) is 1.27. The number of nitrogens with zero attached hydrogens (tertiary/aromatic N) is 1. The Morgan fingerprint density at radius 3 is 2.88 bits per heavy atom. The fourth-order valence-corrected chi connectivity index (χ4v) is 1.95. The average Bonchev–Trinajstić information content (AvgIpc) is 2.27. The van der Waals surface area contributed by atoms with E-state index < -0.39 is 5.91 Å². The standard InChI is InChI=1S/C10H11IN2O4/c1-16-8-3-6(4-13-15)2-7(11)10(8)17-5-9(12)14/h2-4,15H,5H2,1H3,(H2,12,14)/b13-4-. The Balaban J connectivity index is 3.07. The molecule has 17 heavy (non-hydrogen) atoms. The van der Waals surface area contributed by atoms with Crippen molar-refractivity contribution in [3.05, 3.63) is 21.3 Å². The molecule has 7 heteroatoms. The van der Waals surface area contributed by atoms with Gasteiger partial charge < -0.3 is 20.4 Å². The van der Waals surface area contributed by atoms with Gasteiger partial charge in [-0.1, -0.05) is 5.16 Å². The Bertz CT molecular complexity index is 448. The molecule has 1 aromatic carbocycles.